The zero-order valence-corrected chi connectivity index (χ0v) is 11.0. The van der Waals surface area contributed by atoms with Gasteiger partial charge in [-0.05, 0) is 33.1 Å². The normalized spacial score (nSPS) is 28.0. The van der Waals surface area contributed by atoms with Gasteiger partial charge in [-0.3, -0.25) is 9.69 Å². The van der Waals surface area contributed by atoms with Crippen LogP contribution < -0.4 is 0 Å². The third kappa shape index (κ3) is 3.21. The predicted molar refractivity (Wildman–Crippen MR) is 65.3 cm³/mol. The van der Waals surface area contributed by atoms with E-state index in [1.807, 2.05) is 13.8 Å². The smallest absolute Gasteiger partial charge is 0.309 e. The lowest BCUT2D eigenvalue weighted by Gasteiger charge is -2.29. The summed E-state index contributed by atoms with van der Waals surface area (Å²) in [6.45, 7) is 9.64. The topological polar surface area (TPSA) is 29.5 Å². The number of rotatable bonds is 5. The molecule has 16 heavy (non-hydrogen) atoms. The van der Waals surface area contributed by atoms with Crippen LogP contribution in [0.1, 0.15) is 47.0 Å². The van der Waals surface area contributed by atoms with Crippen LogP contribution in [0.2, 0.25) is 0 Å². The Kier molecular flexibility index (Phi) is 5.26. The molecule has 3 unspecified atom stereocenters. The fraction of sp³-hybridized carbons (Fsp3) is 0.923. The monoisotopic (exact) mass is 227 g/mol. The van der Waals surface area contributed by atoms with E-state index in [0.29, 0.717) is 18.7 Å². The SMILES string of the molecule is CCOC(=O)C(C)CN1C(C)CCC1CC. The van der Waals surface area contributed by atoms with Crippen molar-refractivity contribution in [2.75, 3.05) is 13.2 Å². The predicted octanol–water partition coefficient (Wildman–Crippen LogP) is 2.45. The molecule has 0 saturated carbocycles. The Morgan fingerprint density at radius 1 is 1.44 bits per heavy atom. The van der Waals surface area contributed by atoms with Crippen molar-refractivity contribution in [2.24, 2.45) is 5.92 Å². The lowest BCUT2D eigenvalue weighted by molar-refractivity contribution is -0.148. The molecular weight excluding hydrogens is 202 g/mol. The Bertz CT molecular complexity index is 230. The minimum atomic E-state index is -0.0588. The molecule has 0 radical (unpaired) electrons. The molecule has 0 aromatic carbocycles. The summed E-state index contributed by atoms with van der Waals surface area (Å²) in [5.74, 6) is -0.0639. The summed E-state index contributed by atoms with van der Waals surface area (Å²) in [6.07, 6.45) is 3.71. The van der Waals surface area contributed by atoms with Gasteiger partial charge in [0.25, 0.3) is 0 Å². The van der Waals surface area contributed by atoms with Gasteiger partial charge in [-0.1, -0.05) is 13.8 Å². The molecule has 1 fully saturated rings. The first-order chi connectivity index (χ1) is 7.60. The molecule has 0 N–H and O–H groups in total. The van der Waals surface area contributed by atoms with Gasteiger partial charge in [0, 0.05) is 18.6 Å². The van der Waals surface area contributed by atoms with Crippen molar-refractivity contribution in [2.45, 2.75) is 59.0 Å². The summed E-state index contributed by atoms with van der Waals surface area (Å²) in [6, 6.07) is 1.27. The van der Waals surface area contributed by atoms with Crippen LogP contribution in [0.3, 0.4) is 0 Å². The average molecular weight is 227 g/mol. The molecule has 94 valence electrons. The van der Waals surface area contributed by atoms with Gasteiger partial charge in [0.05, 0.1) is 12.5 Å². The number of nitrogens with zero attached hydrogens (tertiary/aromatic N) is 1. The lowest BCUT2D eigenvalue weighted by Crippen LogP contribution is -2.39. The fourth-order valence-corrected chi connectivity index (χ4v) is 2.57. The minimum Gasteiger partial charge on any atom is -0.466 e. The van der Waals surface area contributed by atoms with Gasteiger partial charge < -0.3 is 4.74 Å². The Morgan fingerprint density at radius 3 is 2.69 bits per heavy atom. The third-order valence-corrected chi connectivity index (χ3v) is 3.60. The second kappa shape index (κ2) is 6.24. The summed E-state index contributed by atoms with van der Waals surface area (Å²) < 4.78 is 5.05. The summed E-state index contributed by atoms with van der Waals surface area (Å²) in [5.41, 5.74) is 0. The van der Waals surface area contributed by atoms with Crippen LogP contribution in [-0.4, -0.2) is 36.1 Å². The highest BCUT2D eigenvalue weighted by Crippen LogP contribution is 2.26. The summed E-state index contributed by atoms with van der Waals surface area (Å²) in [4.78, 5) is 14.1. The second-order valence-electron chi connectivity index (χ2n) is 4.84. The number of hydrogen-bond donors (Lipinski definition) is 0. The molecule has 1 heterocycles. The first kappa shape index (κ1) is 13.5. The number of esters is 1. The van der Waals surface area contributed by atoms with Crippen LogP contribution in [0.25, 0.3) is 0 Å². The third-order valence-electron chi connectivity index (χ3n) is 3.60. The quantitative estimate of drug-likeness (QED) is 0.676. The second-order valence-corrected chi connectivity index (χ2v) is 4.84. The summed E-state index contributed by atoms with van der Waals surface area (Å²) >= 11 is 0. The molecule has 0 amide bonds. The largest absolute Gasteiger partial charge is 0.466 e. The Labute approximate surface area is 99.1 Å². The van der Waals surface area contributed by atoms with Gasteiger partial charge in [-0.25, -0.2) is 0 Å². The van der Waals surface area contributed by atoms with Crippen molar-refractivity contribution in [1.82, 2.24) is 4.90 Å². The maximum absolute atomic E-state index is 11.6. The molecule has 3 heteroatoms. The molecule has 1 aliphatic rings. The fourth-order valence-electron chi connectivity index (χ4n) is 2.57. The van der Waals surface area contributed by atoms with E-state index in [9.17, 15) is 4.79 Å². The molecule has 0 bridgehead atoms. The van der Waals surface area contributed by atoms with Crippen LogP contribution in [0.5, 0.6) is 0 Å². The van der Waals surface area contributed by atoms with Gasteiger partial charge in [0.2, 0.25) is 0 Å². The molecule has 3 atom stereocenters. The van der Waals surface area contributed by atoms with Gasteiger partial charge in [0.15, 0.2) is 0 Å². The van der Waals surface area contributed by atoms with E-state index in [-0.39, 0.29) is 11.9 Å². The number of carbonyl (C=O) groups is 1. The molecular formula is C13H25NO2. The van der Waals surface area contributed by atoms with E-state index in [1.54, 1.807) is 0 Å². The average Bonchev–Trinajstić information content (AvgIpc) is 2.60. The Hall–Kier alpha value is -0.570. The van der Waals surface area contributed by atoms with Crippen molar-refractivity contribution in [3.63, 3.8) is 0 Å². The molecule has 1 saturated heterocycles. The van der Waals surface area contributed by atoms with E-state index >= 15 is 0 Å². The number of likely N-dealkylation sites (tertiary alicyclic amines) is 1. The van der Waals surface area contributed by atoms with E-state index in [4.69, 9.17) is 4.74 Å². The number of carbonyl (C=O) groups excluding carboxylic acids is 1. The number of hydrogen-bond acceptors (Lipinski definition) is 3. The van der Waals surface area contributed by atoms with Crippen LogP contribution in [0, 0.1) is 5.92 Å². The molecule has 1 aliphatic heterocycles. The highest BCUT2D eigenvalue weighted by Gasteiger charge is 2.31. The van der Waals surface area contributed by atoms with Crippen LogP contribution >= 0.6 is 0 Å². The zero-order valence-electron chi connectivity index (χ0n) is 11.0. The van der Waals surface area contributed by atoms with Crippen LogP contribution in [0.15, 0.2) is 0 Å². The van der Waals surface area contributed by atoms with Crippen LogP contribution in [-0.2, 0) is 9.53 Å². The van der Waals surface area contributed by atoms with Gasteiger partial charge >= 0.3 is 5.97 Å². The Balaban J connectivity index is 2.48. The minimum absolute atomic E-state index is 0.00505. The highest BCUT2D eigenvalue weighted by atomic mass is 16.5. The number of ether oxygens (including phenoxy) is 1. The molecule has 1 rings (SSSR count). The molecule has 0 aromatic heterocycles. The highest BCUT2D eigenvalue weighted by molar-refractivity contribution is 5.72. The van der Waals surface area contributed by atoms with Crippen molar-refractivity contribution < 1.29 is 9.53 Å². The molecule has 3 nitrogen and oxygen atoms in total. The maximum Gasteiger partial charge on any atom is 0.309 e. The Morgan fingerprint density at radius 2 is 2.12 bits per heavy atom. The van der Waals surface area contributed by atoms with Gasteiger partial charge in [0.1, 0.15) is 0 Å². The van der Waals surface area contributed by atoms with Crippen molar-refractivity contribution in [3.8, 4) is 0 Å². The molecule has 0 aromatic rings. The van der Waals surface area contributed by atoms with Gasteiger partial charge in [-0.15, -0.1) is 0 Å². The van der Waals surface area contributed by atoms with E-state index in [1.165, 1.54) is 19.3 Å². The van der Waals surface area contributed by atoms with Crippen molar-refractivity contribution >= 4 is 5.97 Å². The van der Waals surface area contributed by atoms with E-state index < -0.39 is 0 Å². The molecule has 0 aliphatic carbocycles. The van der Waals surface area contributed by atoms with E-state index in [0.717, 1.165) is 6.54 Å². The van der Waals surface area contributed by atoms with Gasteiger partial charge in [-0.2, -0.15) is 0 Å². The summed E-state index contributed by atoms with van der Waals surface area (Å²) in [7, 11) is 0. The first-order valence-corrected chi connectivity index (χ1v) is 6.52. The maximum atomic E-state index is 11.6. The standard InChI is InChI=1S/C13H25NO2/c1-5-12-8-7-11(4)14(12)9-10(3)13(15)16-6-2/h10-12H,5-9H2,1-4H3. The lowest BCUT2D eigenvalue weighted by atomic mass is 10.1. The first-order valence-electron chi connectivity index (χ1n) is 6.52. The zero-order chi connectivity index (χ0) is 12.1. The van der Waals surface area contributed by atoms with Crippen molar-refractivity contribution in [1.29, 1.82) is 0 Å². The molecule has 0 spiro atoms. The van der Waals surface area contributed by atoms with E-state index in [2.05, 4.69) is 18.7 Å². The van der Waals surface area contributed by atoms with Crippen LogP contribution in [0.4, 0.5) is 0 Å². The summed E-state index contributed by atoms with van der Waals surface area (Å²) in [5, 5.41) is 0. The van der Waals surface area contributed by atoms with Crippen molar-refractivity contribution in [3.05, 3.63) is 0 Å².